The Kier molecular flexibility index (Phi) is 12.2. The van der Waals surface area contributed by atoms with Crippen LogP contribution in [-0.2, 0) is 9.47 Å². The van der Waals surface area contributed by atoms with Crippen LogP contribution in [0, 0.1) is 6.92 Å². The molecule has 3 rings (SSSR count). The highest BCUT2D eigenvalue weighted by Crippen LogP contribution is 2.42. The minimum absolute atomic E-state index is 0.225. The van der Waals surface area contributed by atoms with Crippen LogP contribution in [0.15, 0.2) is 30.5 Å². The van der Waals surface area contributed by atoms with Crippen LogP contribution >= 0.6 is 0 Å². The lowest BCUT2D eigenvalue weighted by Crippen LogP contribution is -2.13. The summed E-state index contributed by atoms with van der Waals surface area (Å²) in [6.45, 7) is 14.0. The van der Waals surface area contributed by atoms with Crippen LogP contribution in [0.5, 0.6) is 17.2 Å². The highest BCUT2D eigenvalue weighted by atomic mass is 16.5. The first kappa shape index (κ1) is 29.8. The average Bonchev–Trinajstić information content (AvgIpc) is 3.33. The molecule has 0 radical (unpaired) electrons. The number of fused-ring (bicyclic) bond motifs is 1. The van der Waals surface area contributed by atoms with Crippen LogP contribution in [0.1, 0.15) is 69.3 Å². The van der Waals surface area contributed by atoms with E-state index in [4.69, 9.17) is 23.7 Å². The standard InChI is InChI=1S/C24H29NO6.2C2H6/c1-8-31-24(26)19-12-18-9-17(13-25(18)22(14(19)2)15(3)27-4)16-10-20(28-5)23(30-7)21(11-16)29-6;2*1-2/h9-13,15H,8H2,1-7H3;2*1-2H3. The van der Waals surface area contributed by atoms with Gasteiger partial charge in [-0.15, -0.1) is 0 Å². The van der Waals surface area contributed by atoms with E-state index >= 15 is 0 Å². The van der Waals surface area contributed by atoms with Crippen molar-refractivity contribution < 1.29 is 28.5 Å². The maximum Gasteiger partial charge on any atom is 0.338 e. The van der Waals surface area contributed by atoms with Crippen LogP contribution in [-0.4, -0.2) is 45.4 Å². The molecule has 0 bridgehead atoms. The van der Waals surface area contributed by atoms with Gasteiger partial charge in [0.25, 0.3) is 0 Å². The van der Waals surface area contributed by atoms with Crippen molar-refractivity contribution in [1.82, 2.24) is 4.40 Å². The monoisotopic (exact) mass is 487 g/mol. The lowest BCUT2D eigenvalue weighted by atomic mass is 10.0. The fourth-order valence-corrected chi connectivity index (χ4v) is 3.81. The zero-order chi connectivity index (χ0) is 26.7. The van der Waals surface area contributed by atoms with Crippen molar-refractivity contribution in [2.75, 3.05) is 35.0 Å². The zero-order valence-corrected chi connectivity index (χ0v) is 23.1. The van der Waals surface area contributed by atoms with Crippen molar-refractivity contribution in [3.8, 4) is 28.4 Å². The number of esters is 1. The van der Waals surface area contributed by atoms with Crippen molar-refractivity contribution in [1.29, 1.82) is 0 Å². The Balaban J connectivity index is 0.00000145. The van der Waals surface area contributed by atoms with Gasteiger partial charge in [-0.3, -0.25) is 0 Å². The highest BCUT2D eigenvalue weighted by Gasteiger charge is 2.22. The second-order valence-corrected chi connectivity index (χ2v) is 7.10. The van der Waals surface area contributed by atoms with Gasteiger partial charge in [-0.1, -0.05) is 27.7 Å². The second-order valence-electron chi connectivity index (χ2n) is 7.10. The maximum absolute atomic E-state index is 12.6. The van der Waals surface area contributed by atoms with Crippen LogP contribution in [0.25, 0.3) is 16.6 Å². The summed E-state index contributed by atoms with van der Waals surface area (Å²) in [5.41, 5.74) is 4.93. The van der Waals surface area contributed by atoms with Crippen LogP contribution in [0.3, 0.4) is 0 Å². The molecule has 194 valence electrons. The predicted molar refractivity (Wildman–Crippen MR) is 141 cm³/mol. The minimum Gasteiger partial charge on any atom is -0.493 e. The summed E-state index contributed by atoms with van der Waals surface area (Å²) in [7, 11) is 6.40. The van der Waals surface area contributed by atoms with Gasteiger partial charge < -0.3 is 28.1 Å². The summed E-state index contributed by atoms with van der Waals surface area (Å²) in [6, 6.07) is 7.65. The first-order valence-corrected chi connectivity index (χ1v) is 12.1. The Morgan fingerprint density at radius 1 is 0.886 bits per heavy atom. The van der Waals surface area contributed by atoms with E-state index in [1.165, 1.54) is 0 Å². The van der Waals surface area contributed by atoms with Crippen LogP contribution in [0.2, 0.25) is 0 Å². The molecule has 2 aromatic heterocycles. The number of carbonyl (C=O) groups excluding carboxylic acids is 1. The number of methoxy groups -OCH3 is 4. The number of hydrogen-bond acceptors (Lipinski definition) is 6. The topological polar surface area (TPSA) is 67.6 Å². The lowest BCUT2D eigenvalue weighted by Gasteiger charge is -2.18. The molecule has 0 saturated carbocycles. The van der Waals surface area contributed by atoms with Gasteiger partial charge in [0.05, 0.1) is 45.3 Å². The number of ether oxygens (including phenoxy) is 5. The van der Waals surface area contributed by atoms with E-state index in [1.807, 2.05) is 76.4 Å². The third-order valence-electron chi connectivity index (χ3n) is 5.42. The van der Waals surface area contributed by atoms with Gasteiger partial charge in [0.2, 0.25) is 5.75 Å². The smallest absolute Gasteiger partial charge is 0.338 e. The number of carbonyl (C=O) groups is 1. The van der Waals surface area contributed by atoms with Gasteiger partial charge in [-0.25, -0.2) is 4.79 Å². The third-order valence-corrected chi connectivity index (χ3v) is 5.42. The largest absolute Gasteiger partial charge is 0.493 e. The Bertz CT molecular complexity index is 1080. The number of pyridine rings is 1. The summed E-state index contributed by atoms with van der Waals surface area (Å²) in [6.07, 6.45) is 1.79. The summed E-state index contributed by atoms with van der Waals surface area (Å²) in [4.78, 5) is 12.6. The molecule has 7 nitrogen and oxygen atoms in total. The predicted octanol–water partition coefficient (Wildman–Crippen LogP) is 6.88. The second kappa shape index (κ2) is 14.3. The molecule has 0 aliphatic rings. The van der Waals surface area contributed by atoms with Gasteiger partial charge in [-0.2, -0.15) is 0 Å². The normalized spacial score (nSPS) is 10.9. The third kappa shape index (κ3) is 6.28. The van der Waals surface area contributed by atoms with Gasteiger partial charge in [-0.05, 0) is 56.2 Å². The molecule has 0 amide bonds. The van der Waals surface area contributed by atoms with E-state index in [9.17, 15) is 4.79 Å². The van der Waals surface area contributed by atoms with Crippen molar-refractivity contribution >= 4 is 11.5 Å². The molecule has 1 aromatic carbocycles. The van der Waals surface area contributed by atoms with Crippen LogP contribution < -0.4 is 14.2 Å². The number of benzene rings is 1. The quantitative estimate of drug-likeness (QED) is 0.323. The van der Waals surface area contributed by atoms with Crippen molar-refractivity contribution in [2.45, 2.75) is 54.6 Å². The van der Waals surface area contributed by atoms with Crippen molar-refractivity contribution in [2.24, 2.45) is 0 Å². The fourth-order valence-electron chi connectivity index (χ4n) is 3.81. The lowest BCUT2D eigenvalue weighted by molar-refractivity contribution is 0.0524. The number of aromatic nitrogens is 1. The van der Waals surface area contributed by atoms with E-state index < -0.39 is 0 Å². The Labute approximate surface area is 209 Å². The molecule has 0 spiro atoms. The number of nitrogens with zero attached hydrogens (tertiary/aromatic N) is 1. The zero-order valence-electron chi connectivity index (χ0n) is 23.1. The molecule has 0 saturated heterocycles. The molecule has 0 fully saturated rings. The van der Waals surface area contributed by atoms with E-state index in [0.717, 1.165) is 27.9 Å². The Morgan fingerprint density at radius 3 is 1.91 bits per heavy atom. The molecule has 7 heteroatoms. The SMILES string of the molecule is CC.CC.CCOC(=O)c1cc2cc(-c3cc(OC)c(OC)c(OC)c3)cn2c(C(C)OC)c1C. The first-order valence-electron chi connectivity index (χ1n) is 12.1. The van der Waals surface area contributed by atoms with Gasteiger partial charge >= 0.3 is 5.97 Å². The molecular weight excluding hydrogens is 446 g/mol. The molecule has 35 heavy (non-hydrogen) atoms. The Hall–Kier alpha value is -3.19. The molecule has 1 atom stereocenters. The first-order chi connectivity index (χ1) is 16.9. The van der Waals surface area contributed by atoms with E-state index in [0.29, 0.717) is 29.4 Å². The number of hydrogen-bond donors (Lipinski definition) is 0. The minimum atomic E-state index is -0.345. The molecule has 1 unspecified atom stereocenters. The molecule has 0 N–H and O–H groups in total. The summed E-state index contributed by atoms with van der Waals surface area (Å²) < 4.78 is 29.3. The van der Waals surface area contributed by atoms with E-state index in [-0.39, 0.29) is 12.1 Å². The van der Waals surface area contributed by atoms with Crippen molar-refractivity contribution in [3.63, 3.8) is 0 Å². The fraction of sp³-hybridized carbons (Fsp3) is 0.464. The molecular formula is C28H41NO6. The Morgan fingerprint density at radius 2 is 1.46 bits per heavy atom. The van der Waals surface area contributed by atoms with Crippen molar-refractivity contribution in [3.05, 3.63) is 47.3 Å². The molecule has 2 heterocycles. The van der Waals surface area contributed by atoms with Gasteiger partial charge in [0.15, 0.2) is 11.5 Å². The van der Waals surface area contributed by atoms with E-state index in [2.05, 4.69) is 0 Å². The molecule has 0 aliphatic heterocycles. The van der Waals surface area contributed by atoms with Gasteiger partial charge in [0, 0.05) is 24.4 Å². The highest BCUT2D eigenvalue weighted by molar-refractivity contribution is 5.93. The summed E-state index contributed by atoms with van der Waals surface area (Å²) in [5, 5.41) is 0. The molecule has 3 aromatic rings. The van der Waals surface area contributed by atoms with Gasteiger partial charge in [0.1, 0.15) is 0 Å². The number of rotatable bonds is 8. The maximum atomic E-state index is 12.6. The van der Waals surface area contributed by atoms with E-state index in [1.54, 1.807) is 35.4 Å². The molecule has 0 aliphatic carbocycles. The summed E-state index contributed by atoms with van der Waals surface area (Å²) >= 11 is 0. The average molecular weight is 488 g/mol. The summed E-state index contributed by atoms with van der Waals surface area (Å²) in [5.74, 6) is 1.33. The van der Waals surface area contributed by atoms with Crippen LogP contribution in [0.4, 0.5) is 0 Å².